The van der Waals surface area contributed by atoms with Crippen molar-refractivity contribution in [3.63, 3.8) is 0 Å². The maximum atomic E-state index is 13.7. The smallest absolute Gasteiger partial charge is 0.224 e. The van der Waals surface area contributed by atoms with Gasteiger partial charge in [-0.1, -0.05) is 6.07 Å². The zero-order valence-corrected chi connectivity index (χ0v) is 10.7. The van der Waals surface area contributed by atoms with Gasteiger partial charge in [-0.05, 0) is 42.5 Å². The summed E-state index contributed by atoms with van der Waals surface area (Å²) in [4.78, 5) is 7.89. The van der Waals surface area contributed by atoms with Gasteiger partial charge in [0, 0.05) is 12.7 Å². The topological polar surface area (TPSA) is 49.8 Å². The van der Waals surface area contributed by atoms with Crippen molar-refractivity contribution in [3.8, 4) is 0 Å². The highest BCUT2D eigenvalue weighted by molar-refractivity contribution is 5.59. The van der Waals surface area contributed by atoms with E-state index in [1.807, 2.05) is 6.07 Å². The van der Waals surface area contributed by atoms with Crippen LogP contribution in [-0.4, -0.2) is 17.0 Å². The van der Waals surface area contributed by atoms with E-state index in [9.17, 15) is 4.39 Å². The van der Waals surface area contributed by atoms with Crippen molar-refractivity contribution in [1.29, 1.82) is 0 Å². The minimum Gasteiger partial charge on any atom is -0.357 e. The first-order valence-electron chi connectivity index (χ1n) is 6.35. The lowest BCUT2D eigenvalue weighted by Crippen LogP contribution is -2.03. The largest absolute Gasteiger partial charge is 0.357 e. The number of benzene rings is 1. The van der Waals surface area contributed by atoms with Gasteiger partial charge >= 0.3 is 0 Å². The molecule has 0 saturated heterocycles. The predicted molar refractivity (Wildman–Crippen MR) is 73.3 cm³/mol. The minimum absolute atomic E-state index is 0.192. The van der Waals surface area contributed by atoms with Gasteiger partial charge in [-0.2, -0.15) is 4.98 Å². The van der Waals surface area contributed by atoms with Crippen LogP contribution in [0.4, 0.5) is 21.8 Å². The Balaban J connectivity index is 1.88. The summed E-state index contributed by atoms with van der Waals surface area (Å²) in [6.45, 7) is 0. The zero-order chi connectivity index (χ0) is 13.2. The Morgan fingerprint density at radius 3 is 2.89 bits per heavy atom. The number of aryl methyl sites for hydroxylation is 2. The van der Waals surface area contributed by atoms with Gasteiger partial charge in [0.15, 0.2) is 11.6 Å². The monoisotopic (exact) mass is 258 g/mol. The number of anilines is 3. The zero-order valence-electron chi connectivity index (χ0n) is 10.7. The molecule has 0 unspecified atom stereocenters. The Morgan fingerprint density at radius 2 is 2.05 bits per heavy atom. The third-order valence-electron chi connectivity index (χ3n) is 3.33. The van der Waals surface area contributed by atoms with Crippen molar-refractivity contribution >= 4 is 17.5 Å². The van der Waals surface area contributed by atoms with Gasteiger partial charge in [0.25, 0.3) is 0 Å². The number of nitrogens with one attached hydrogen (secondary N) is 2. The summed E-state index contributed by atoms with van der Waals surface area (Å²) in [7, 11) is 1.70. The average Bonchev–Trinajstić information content (AvgIpc) is 2.89. The second-order valence-electron chi connectivity index (χ2n) is 4.60. The second-order valence-corrected chi connectivity index (χ2v) is 4.60. The number of rotatable bonds is 3. The van der Waals surface area contributed by atoms with Crippen LogP contribution in [0.15, 0.2) is 24.4 Å². The first-order chi connectivity index (χ1) is 9.26. The van der Waals surface area contributed by atoms with Crippen LogP contribution in [0.5, 0.6) is 0 Å². The molecule has 0 saturated carbocycles. The van der Waals surface area contributed by atoms with Crippen molar-refractivity contribution in [2.45, 2.75) is 19.3 Å². The van der Waals surface area contributed by atoms with Crippen LogP contribution in [0.2, 0.25) is 0 Å². The van der Waals surface area contributed by atoms with Gasteiger partial charge in [0.2, 0.25) is 5.95 Å². The Hall–Kier alpha value is -2.17. The first-order valence-corrected chi connectivity index (χ1v) is 6.35. The fraction of sp³-hybridized carbons (Fsp3) is 0.286. The van der Waals surface area contributed by atoms with Crippen LogP contribution in [0, 0.1) is 5.82 Å². The highest BCUT2D eigenvalue weighted by atomic mass is 19.1. The lowest BCUT2D eigenvalue weighted by Gasteiger charge is -2.09. The number of halogens is 1. The lowest BCUT2D eigenvalue weighted by atomic mass is 10.1. The SMILES string of the molecule is CNc1ncc(F)c(Nc2ccc3c(c2)CCC3)n1. The van der Waals surface area contributed by atoms with Crippen LogP contribution in [0.1, 0.15) is 17.5 Å². The minimum atomic E-state index is -0.459. The molecule has 1 aromatic carbocycles. The molecule has 98 valence electrons. The summed E-state index contributed by atoms with van der Waals surface area (Å²) < 4.78 is 13.7. The third-order valence-corrected chi connectivity index (χ3v) is 3.33. The fourth-order valence-electron chi connectivity index (χ4n) is 2.36. The molecule has 0 amide bonds. The van der Waals surface area contributed by atoms with Gasteiger partial charge in [-0.15, -0.1) is 0 Å². The molecule has 1 aliphatic rings. The molecule has 5 heteroatoms. The standard InChI is InChI=1S/C14H15FN4/c1-16-14-17-8-12(15)13(19-14)18-11-6-5-9-3-2-4-10(9)7-11/h5-8H,2-4H2,1H3,(H2,16,17,18,19). The molecular formula is C14H15FN4. The maximum absolute atomic E-state index is 13.7. The molecule has 4 nitrogen and oxygen atoms in total. The summed E-state index contributed by atoms with van der Waals surface area (Å²) in [6, 6.07) is 6.14. The van der Waals surface area contributed by atoms with Crippen molar-refractivity contribution in [2.24, 2.45) is 0 Å². The molecule has 2 N–H and O–H groups in total. The van der Waals surface area contributed by atoms with E-state index in [0.717, 1.165) is 24.7 Å². The van der Waals surface area contributed by atoms with Crippen molar-refractivity contribution in [1.82, 2.24) is 9.97 Å². The van der Waals surface area contributed by atoms with Gasteiger partial charge < -0.3 is 10.6 Å². The molecule has 1 aromatic heterocycles. The quantitative estimate of drug-likeness (QED) is 0.888. The van der Waals surface area contributed by atoms with Crippen molar-refractivity contribution in [3.05, 3.63) is 41.3 Å². The van der Waals surface area contributed by atoms with Crippen LogP contribution in [0.3, 0.4) is 0 Å². The van der Waals surface area contributed by atoms with E-state index in [1.54, 1.807) is 7.05 Å². The molecule has 0 aliphatic heterocycles. The van der Waals surface area contributed by atoms with Crippen LogP contribution in [0.25, 0.3) is 0 Å². The number of hydrogen-bond donors (Lipinski definition) is 2. The summed E-state index contributed by atoms with van der Waals surface area (Å²) in [5.74, 6) is 0.127. The molecule has 2 aromatic rings. The van der Waals surface area contributed by atoms with Crippen molar-refractivity contribution in [2.75, 3.05) is 17.7 Å². The molecule has 0 fully saturated rings. The summed E-state index contributed by atoms with van der Waals surface area (Å²) in [5, 5.41) is 5.80. The van der Waals surface area contributed by atoms with Crippen LogP contribution >= 0.6 is 0 Å². The Labute approximate surface area is 111 Å². The summed E-state index contributed by atoms with van der Waals surface area (Å²) in [5.41, 5.74) is 3.60. The highest BCUT2D eigenvalue weighted by Gasteiger charge is 2.12. The van der Waals surface area contributed by atoms with E-state index in [4.69, 9.17) is 0 Å². The van der Waals surface area contributed by atoms with E-state index >= 15 is 0 Å². The van der Waals surface area contributed by atoms with Gasteiger partial charge in [0.05, 0.1) is 6.20 Å². The molecular weight excluding hydrogens is 243 g/mol. The Kier molecular flexibility index (Phi) is 3.03. The molecule has 0 spiro atoms. The number of hydrogen-bond acceptors (Lipinski definition) is 4. The highest BCUT2D eigenvalue weighted by Crippen LogP contribution is 2.26. The summed E-state index contributed by atoms with van der Waals surface area (Å²) >= 11 is 0. The molecule has 1 heterocycles. The second kappa shape index (κ2) is 4.84. The van der Waals surface area contributed by atoms with E-state index < -0.39 is 5.82 Å². The number of nitrogens with zero attached hydrogens (tertiary/aromatic N) is 2. The van der Waals surface area contributed by atoms with E-state index in [1.165, 1.54) is 17.5 Å². The molecule has 1 aliphatic carbocycles. The Bertz CT molecular complexity index is 612. The predicted octanol–water partition coefficient (Wildman–Crippen LogP) is 2.89. The number of aromatic nitrogens is 2. The third kappa shape index (κ3) is 2.36. The van der Waals surface area contributed by atoms with Crippen LogP contribution < -0.4 is 10.6 Å². The first kappa shape index (κ1) is 11.9. The van der Waals surface area contributed by atoms with Gasteiger partial charge in [0.1, 0.15) is 0 Å². The van der Waals surface area contributed by atoms with E-state index in [0.29, 0.717) is 5.95 Å². The normalized spacial score (nSPS) is 13.2. The summed E-state index contributed by atoms with van der Waals surface area (Å²) in [6.07, 6.45) is 4.60. The van der Waals surface area contributed by atoms with Gasteiger partial charge in [-0.25, -0.2) is 9.37 Å². The van der Waals surface area contributed by atoms with E-state index in [-0.39, 0.29) is 5.82 Å². The fourth-order valence-corrected chi connectivity index (χ4v) is 2.36. The van der Waals surface area contributed by atoms with Crippen LogP contribution in [-0.2, 0) is 12.8 Å². The molecule has 0 atom stereocenters. The molecule has 19 heavy (non-hydrogen) atoms. The number of fused-ring (bicyclic) bond motifs is 1. The molecule has 0 bridgehead atoms. The average molecular weight is 258 g/mol. The Morgan fingerprint density at radius 1 is 1.21 bits per heavy atom. The van der Waals surface area contributed by atoms with E-state index in [2.05, 4.69) is 32.7 Å². The molecule has 0 radical (unpaired) electrons. The maximum Gasteiger partial charge on any atom is 0.224 e. The molecule has 3 rings (SSSR count). The van der Waals surface area contributed by atoms with Crippen molar-refractivity contribution < 1.29 is 4.39 Å². The van der Waals surface area contributed by atoms with Gasteiger partial charge in [-0.3, -0.25) is 0 Å². The lowest BCUT2D eigenvalue weighted by molar-refractivity contribution is 0.619.